The van der Waals surface area contributed by atoms with Gasteiger partial charge in [0.05, 0.1) is 18.8 Å². The number of amides is 1. The molecule has 0 aromatic carbocycles. The molecule has 0 aliphatic carbocycles. The Kier molecular flexibility index (Phi) is 4.29. The van der Waals surface area contributed by atoms with E-state index < -0.39 is 0 Å². The predicted molar refractivity (Wildman–Crippen MR) is 83.9 cm³/mol. The standard InChI is InChI=1S/C16H20N4O3/c1-3-12-8-14(19-23-12)16(21)20-4-5-22-15(9-20)13-7-11(17)6-10(2)18-13/h6-8,15H,3-5,9H2,1-2H3,(H2,17,18)/t15-/m1/s1. The van der Waals surface area contributed by atoms with Crippen molar-refractivity contribution in [2.75, 3.05) is 25.4 Å². The Bertz CT molecular complexity index is 693. The highest BCUT2D eigenvalue weighted by atomic mass is 16.5. The number of nitrogens with two attached hydrogens (primary N) is 1. The first-order valence-corrected chi connectivity index (χ1v) is 7.67. The molecule has 0 unspecified atom stereocenters. The van der Waals surface area contributed by atoms with E-state index in [9.17, 15) is 4.79 Å². The van der Waals surface area contributed by atoms with Crippen molar-refractivity contribution in [3.05, 3.63) is 41.0 Å². The molecule has 3 rings (SSSR count). The van der Waals surface area contributed by atoms with E-state index in [1.54, 1.807) is 23.1 Å². The van der Waals surface area contributed by atoms with Crippen LogP contribution in [0.25, 0.3) is 0 Å². The lowest BCUT2D eigenvalue weighted by atomic mass is 10.1. The molecular weight excluding hydrogens is 296 g/mol. The van der Waals surface area contributed by atoms with Gasteiger partial charge in [0.2, 0.25) is 0 Å². The van der Waals surface area contributed by atoms with E-state index in [0.717, 1.165) is 11.4 Å². The minimum Gasteiger partial charge on any atom is -0.399 e. The smallest absolute Gasteiger partial charge is 0.276 e. The summed E-state index contributed by atoms with van der Waals surface area (Å²) in [6.07, 6.45) is 0.422. The van der Waals surface area contributed by atoms with Crippen LogP contribution in [-0.4, -0.2) is 40.6 Å². The van der Waals surface area contributed by atoms with Crippen LogP contribution in [0.4, 0.5) is 5.69 Å². The van der Waals surface area contributed by atoms with Crippen LogP contribution in [0.2, 0.25) is 0 Å². The van der Waals surface area contributed by atoms with Gasteiger partial charge in [-0.05, 0) is 19.1 Å². The van der Waals surface area contributed by atoms with E-state index in [1.807, 2.05) is 13.8 Å². The third kappa shape index (κ3) is 3.34. The number of anilines is 1. The molecule has 1 atom stereocenters. The van der Waals surface area contributed by atoms with Crippen molar-refractivity contribution in [3.8, 4) is 0 Å². The number of hydrogen-bond donors (Lipinski definition) is 1. The fourth-order valence-electron chi connectivity index (χ4n) is 2.64. The van der Waals surface area contributed by atoms with Crippen molar-refractivity contribution in [2.24, 2.45) is 0 Å². The van der Waals surface area contributed by atoms with Gasteiger partial charge in [0, 0.05) is 30.4 Å². The molecular formula is C16H20N4O3. The summed E-state index contributed by atoms with van der Waals surface area (Å²) in [4.78, 5) is 18.7. The van der Waals surface area contributed by atoms with Gasteiger partial charge < -0.3 is 19.9 Å². The van der Waals surface area contributed by atoms with E-state index in [0.29, 0.717) is 43.3 Å². The maximum absolute atomic E-state index is 12.5. The van der Waals surface area contributed by atoms with E-state index in [-0.39, 0.29) is 12.0 Å². The zero-order valence-electron chi connectivity index (χ0n) is 13.3. The van der Waals surface area contributed by atoms with Crippen molar-refractivity contribution in [2.45, 2.75) is 26.4 Å². The lowest BCUT2D eigenvalue weighted by Gasteiger charge is -2.32. The summed E-state index contributed by atoms with van der Waals surface area (Å²) in [7, 11) is 0. The highest BCUT2D eigenvalue weighted by Gasteiger charge is 2.28. The fourth-order valence-corrected chi connectivity index (χ4v) is 2.64. The Morgan fingerprint density at radius 3 is 2.96 bits per heavy atom. The molecule has 7 heteroatoms. The number of nitrogen functional groups attached to an aromatic ring is 1. The Balaban J connectivity index is 1.76. The van der Waals surface area contributed by atoms with Crippen molar-refractivity contribution in [3.63, 3.8) is 0 Å². The molecule has 2 aromatic rings. The Morgan fingerprint density at radius 1 is 1.43 bits per heavy atom. The zero-order chi connectivity index (χ0) is 16.4. The molecule has 1 amide bonds. The number of hydrogen-bond acceptors (Lipinski definition) is 6. The Labute approximate surface area is 134 Å². The molecule has 0 bridgehead atoms. The third-order valence-corrected chi connectivity index (χ3v) is 3.81. The minimum absolute atomic E-state index is 0.151. The molecule has 3 heterocycles. The first-order valence-electron chi connectivity index (χ1n) is 7.67. The van der Waals surface area contributed by atoms with Gasteiger partial charge in [0.25, 0.3) is 5.91 Å². The summed E-state index contributed by atoms with van der Waals surface area (Å²) >= 11 is 0. The average Bonchev–Trinajstić information content (AvgIpc) is 3.02. The number of aryl methyl sites for hydroxylation is 2. The van der Waals surface area contributed by atoms with Crippen molar-refractivity contribution < 1.29 is 14.1 Å². The number of nitrogens with zero attached hydrogens (tertiary/aromatic N) is 3. The van der Waals surface area contributed by atoms with E-state index in [4.69, 9.17) is 15.0 Å². The summed E-state index contributed by atoms with van der Waals surface area (Å²) < 4.78 is 10.9. The summed E-state index contributed by atoms with van der Waals surface area (Å²) in [5.41, 5.74) is 8.42. The first-order chi connectivity index (χ1) is 11.1. The second kappa shape index (κ2) is 6.37. The number of aromatic nitrogens is 2. The summed E-state index contributed by atoms with van der Waals surface area (Å²) in [5.74, 6) is 0.550. The third-order valence-electron chi connectivity index (χ3n) is 3.81. The Hall–Kier alpha value is -2.41. The number of ether oxygens (including phenoxy) is 1. The van der Waals surface area contributed by atoms with Gasteiger partial charge in [0.1, 0.15) is 11.9 Å². The van der Waals surface area contributed by atoms with Crippen molar-refractivity contribution in [1.82, 2.24) is 15.0 Å². The SMILES string of the molecule is CCc1cc(C(=O)N2CCO[C@@H](c3cc(N)cc(C)n3)C2)no1. The van der Waals surface area contributed by atoms with E-state index in [2.05, 4.69) is 10.1 Å². The number of carbonyl (C=O) groups is 1. The lowest BCUT2D eigenvalue weighted by Crippen LogP contribution is -2.42. The van der Waals surface area contributed by atoms with Gasteiger partial charge in [-0.3, -0.25) is 9.78 Å². The maximum atomic E-state index is 12.5. The molecule has 0 saturated carbocycles. The molecule has 1 aliphatic rings. The van der Waals surface area contributed by atoms with E-state index >= 15 is 0 Å². The highest BCUT2D eigenvalue weighted by Crippen LogP contribution is 2.24. The monoisotopic (exact) mass is 316 g/mol. The zero-order valence-corrected chi connectivity index (χ0v) is 13.3. The van der Waals surface area contributed by atoms with Crippen LogP contribution in [0, 0.1) is 6.92 Å². The van der Waals surface area contributed by atoms with Crippen LogP contribution in [0.3, 0.4) is 0 Å². The van der Waals surface area contributed by atoms with Crippen molar-refractivity contribution in [1.29, 1.82) is 0 Å². The van der Waals surface area contributed by atoms with Gasteiger partial charge in [-0.2, -0.15) is 0 Å². The molecule has 1 aliphatic heterocycles. The average molecular weight is 316 g/mol. The van der Waals surface area contributed by atoms with Gasteiger partial charge in [-0.15, -0.1) is 0 Å². The fraction of sp³-hybridized carbons (Fsp3) is 0.438. The highest BCUT2D eigenvalue weighted by molar-refractivity contribution is 5.92. The van der Waals surface area contributed by atoms with Crippen LogP contribution < -0.4 is 5.73 Å². The molecule has 23 heavy (non-hydrogen) atoms. The number of pyridine rings is 1. The molecule has 2 N–H and O–H groups in total. The summed E-state index contributed by atoms with van der Waals surface area (Å²) in [6.45, 7) is 5.22. The minimum atomic E-state index is -0.285. The molecule has 1 fully saturated rings. The van der Waals surface area contributed by atoms with Crippen LogP contribution in [-0.2, 0) is 11.2 Å². The summed E-state index contributed by atoms with van der Waals surface area (Å²) in [5, 5.41) is 3.85. The predicted octanol–water partition coefficient (Wildman–Crippen LogP) is 1.74. The Morgan fingerprint density at radius 2 is 2.26 bits per heavy atom. The normalized spacial score (nSPS) is 18.2. The molecule has 0 radical (unpaired) electrons. The molecule has 0 spiro atoms. The van der Waals surface area contributed by atoms with E-state index in [1.165, 1.54) is 0 Å². The maximum Gasteiger partial charge on any atom is 0.276 e. The van der Waals surface area contributed by atoms with Gasteiger partial charge >= 0.3 is 0 Å². The first kappa shape index (κ1) is 15.5. The number of morpholine rings is 1. The number of carbonyl (C=O) groups excluding carboxylic acids is 1. The second-order valence-electron chi connectivity index (χ2n) is 5.61. The van der Waals surface area contributed by atoms with Crippen LogP contribution >= 0.6 is 0 Å². The lowest BCUT2D eigenvalue weighted by molar-refractivity contribution is -0.0250. The van der Waals surface area contributed by atoms with Gasteiger partial charge in [0.15, 0.2) is 5.69 Å². The number of rotatable bonds is 3. The van der Waals surface area contributed by atoms with Crippen LogP contribution in [0.15, 0.2) is 22.7 Å². The second-order valence-corrected chi connectivity index (χ2v) is 5.61. The van der Waals surface area contributed by atoms with Crippen molar-refractivity contribution >= 4 is 11.6 Å². The van der Waals surface area contributed by atoms with Crippen LogP contribution in [0.5, 0.6) is 0 Å². The molecule has 7 nitrogen and oxygen atoms in total. The van der Waals surface area contributed by atoms with Gasteiger partial charge in [-0.25, -0.2) is 0 Å². The largest absolute Gasteiger partial charge is 0.399 e. The molecule has 1 saturated heterocycles. The molecule has 2 aromatic heterocycles. The topological polar surface area (TPSA) is 94.5 Å². The molecule has 122 valence electrons. The van der Waals surface area contributed by atoms with Gasteiger partial charge in [-0.1, -0.05) is 12.1 Å². The summed E-state index contributed by atoms with van der Waals surface area (Å²) in [6, 6.07) is 5.28. The van der Waals surface area contributed by atoms with Crippen LogP contribution in [0.1, 0.15) is 40.7 Å². The quantitative estimate of drug-likeness (QED) is 0.927.